The van der Waals surface area contributed by atoms with Gasteiger partial charge in [0.15, 0.2) is 0 Å². The Morgan fingerprint density at radius 2 is 1.86 bits per heavy atom. The van der Waals surface area contributed by atoms with E-state index in [0.717, 1.165) is 17.0 Å². The number of benzene rings is 2. The molecule has 2 nitrogen and oxygen atoms in total. The van der Waals surface area contributed by atoms with Crippen molar-refractivity contribution < 1.29 is 0 Å². The maximum absolute atomic E-state index is 6.18. The fourth-order valence-corrected chi connectivity index (χ4v) is 3.38. The molecule has 0 spiro atoms. The van der Waals surface area contributed by atoms with Crippen LogP contribution in [0.4, 0.5) is 0 Å². The van der Waals surface area contributed by atoms with Crippen LogP contribution < -0.4 is 0 Å². The topological polar surface area (TPSA) is 17.8 Å². The van der Waals surface area contributed by atoms with E-state index < -0.39 is 0 Å². The van der Waals surface area contributed by atoms with Gasteiger partial charge in [-0.1, -0.05) is 29.3 Å². The van der Waals surface area contributed by atoms with Crippen molar-refractivity contribution in [1.29, 1.82) is 0 Å². The van der Waals surface area contributed by atoms with Crippen LogP contribution in [0.2, 0.25) is 10.0 Å². The Balaban J connectivity index is 1.68. The molecule has 106 valence electrons. The molecule has 0 aliphatic rings. The minimum absolute atomic E-state index is 0.665. The van der Waals surface area contributed by atoms with E-state index in [1.807, 2.05) is 22.9 Å². The number of rotatable bonds is 4. The summed E-state index contributed by atoms with van der Waals surface area (Å²) in [6.07, 6.45) is 5.48. The van der Waals surface area contributed by atoms with E-state index in [1.54, 1.807) is 30.4 Å². The third-order valence-corrected chi connectivity index (χ3v) is 4.70. The normalized spacial score (nSPS) is 10.8. The summed E-state index contributed by atoms with van der Waals surface area (Å²) < 4.78 is 1.98. The van der Waals surface area contributed by atoms with Gasteiger partial charge in [0.05, 0.1) is 6.33 Å². The van der Waals surface area contributed by atoms with E-state index in [-0.39, 0.29) is 0 Å². The first-order chi connectivity index (χ1) is 10.2. The summed E-state index contributed by atoms with van der Waals surface area (Å²) in [5, 5.41) is 1.38. The van der Waals surface area contributed by atoms with Gasteiger partial charge in [-0.25, -0.2) is 4.98 Å². The van der Waals surface area contributed by atoms with Crippen molar-refractivity contribution in [2.75, 3.05) is 0 Å². The predicted octanol–water partition coefficient (Wildman–Crippen LogP) is 5.47. The summed E-state index contributed by atoms with van der Waals surface area (Å²) in [4.78, 5) is 5.25. The summed E-state index contributed by atoms with van der Waals surface area (Å²) in [6, 6.07) is 14.0. The number of thioether (sulfide) groups is 1. The Morgan fingerprint density at radius 3 is 2.52 bits per heavy atom. The van der Waals surface area contributed by atoms with Crippen LogP contribution in [0.5, 0.6) is 0 Å². The predicted molar refractivity (Wildman–Crippen MR) is 89.6 cm³/mol. The molecule has 0 saturated heterocycles. The molecule has 0 amide bonds. The monoisotopic (exact) mass is 334 g/mol. The Kier molecular flexibility index (Phi) is 4.54. The maximum Gasteiger partial charge on any atom is 0.0991 e. The van der Waals surface area contributed by atoms with Crippen LogP contribution in [-0.4, -0.2) is 9.55 Å². The molecule has 3 aromatic rings. The van der Waals surface area contributed by atoms with Crippen molar-refractivity contribution in [2.24, 2.45) is 0 Å². The molecule has 0 saturated carbocycles. The highest BCUT2D eigenvalue weighted by molar-refractivity contribution is 7.98. The zero-order valence-corrected chi connectivity index (χ0v) is 13.4. The van der Waals surface area contributed by atoms with E-state index in [1.165, 1.54) is 4.90 Å². The first-order valence-corrected chi connectivity index (χ1v) is 8.11. The number of hydrogen-bond donors (Lipinski definition) is 0. The van der Waals surface area contributed by atoms with E-state index in [0.29, 0.717) is 10.0 Å². The van der Waals surface area contributed by atoms with E-state index in [4.69, 9.17) is 23.2 Å². The fourth-order valence-electron chi connectivity index (χ4n) is 1.93. The van der Waals surface area contributed by atoms with Crippen molar-refractivity contribution in [3.63, 3.8) is 0 Å². The smallest absolute Gasteiger partial charge is 0.0991 e. The second-order valence-electron chi connectivity index (χ2n) is 4.49. The molecule has 21 heavy (non-hydrogen) atoms. The van der Waals surface area contributed by atoms with Crippen LogP contribution in [0.25, 0.3) is 5.69 Å². The van der Waals surface area contributed by atoms with Crippen LogP contribution in [0.15, 0.2) is 66.1 Å². The average Bonchev–Trinajstić information content (AvgIpc) is 3.01. The molecule has 5 heteroatoms. The summed E-state index contributed by atoms with van der Waals surface area (Å²) in [7, 11) is 0. The second kappa shape index (κ2) is 6.56. The molecule has 1 heterocycles. The van der Waals surface area contributed by atoms with Crippen LogP contribution in [0.1, 0.15) is 5.56 Å². The zero-order valence-electron chi connectivity index (χ0n) is 11.0. The molecule has 2 aromatic carbocycles. The molecule has 0 N–H and O–H groups in total. The molecule has 0 unspecified atom stereocenters. The standard InChI is InChI=1S/C16H12Cl2N2S/c17-13-2-1-12(16(18)9-13)10-21-15-5-3-14(4-6-15)20-8-7-19-11-20/h1-9,11H,10H2. The molecule has 0 bridgehead atoms. The minimum atomic E-state index is 0.665. The van der Waals surface area contributed by atoms with Gasteiger partial charge in [0.25, 0.3) is 0 Å². The summed E-state index contributed by atoms with van der Waals surface area (Å²) >= 11 is 13.8. The number of halogens is 2. The molecule has 0 aliphatic heterocycles. The van der Waals surface area contributed by atoms with Gasteiger partial charge in [-0.05, 0) is 42.0 Å². The summed E-state index contributed by atoms with van der Waals surface area (Å²) in [5.41, 5.74) is 2.19. The van der Waals surface area contributed by atoms with Gasteiger partial charge >= 0.3 is 0 Å². The average molecular weight is 335 g/mol. The Labute approximate surface area is 137 Å². The van der Waals surface area contributed by atoms with Gasteiger partial charge in [0.1, 0.15) is 0 Å². The number of nitrogens with zero attached hydrogens (tertiary/aromatic N) is 2. The zero-order chi connectivity index (χ0) is 14.7. The van der Waals surface area contributed by atoms with Crippen molar-refractivity contribution >= 4 is 35.0 Å². The summed E-state index contributed by atoms with van der Waals surface area (Å²) in [5.74, 6) is 0.820. The largest absolute Gasteiger partial charge is 0.306 e. The highest BCUT2D eigenvalue weighted by atomic mass is 35.5. The number of imidazole rings is 1. The minimum Gasteiger partial charge on any atom is -0.306 e. The Hall–Kier alpha value is -1.42. The Morgan fingerprint density at radius 1 is 1.05 bits per heavy atom. The van der Waals surface area contributed by atoms with Gasteiger partial charge in [0, 0.05) is 38.8 Å². The lowest BCUT2D eigenvalue weighted by molar-refractivity contribution is 1.05. The van der Waals surface area contributed by atoms with Crippen LogP contribution in [-0.2, 0) is 5.75 Å². The van der Waals surface area contributed by atoms with Gasteiger partial charge in [-0.3, -0.25) is 0 Å². The van der Waals surface area contributed by atoms with Crippen LogP contribution in [0.3, 0.4) is 0 Å². The molecule has 0 aliphatic carbocycles. The molecule has 0 radical (unpaired) electrons. The highest BCUT2D eigenvalue weighted by Crippen LogP contribution is 2.29. The first kappa shape index (κ1) is 14.5. The third kappa shape index (κ3) is 3.62. The first-order valence-electron chi connectivity index (χ1n) is 6.37. The molecular formula is C16H12Cl2N2S. The number of aromatic nitrogens is 2. The van der Waals surface area contributed by atoms with Gasteiger partial charge < -0.3 is 4.57 Å². The van der Waals surface area contributed by atoms with Crippen molar-refractivity contribution in [3.05, 3.63) is 76.8 Å². The Bertz CT molecular complexity index is 725. The van der Waals surface area contributed by atoms with E-state index in [2.05, 4.69) is 29.2 Å². The van der Waals surface area contributed by atoms with Gasteiger partial charge in [-0.2, -0.15) is 0 Å². The lowest BCUT2D eigenvalue weighted by Crippen LogP contribution is -1.89. The lowest BCUT2D eigenvalue weighted by Gasteiger charge is -2.06. The molecule has 0 fully saturated rings. The molecule has 0 atom stereocenters. The maximum atomic E-state index is 6.18. The van der Waals surface area contributed by atoms with Gasteiger partial charge in [-0.15, -0.1) is 11.8 Å². The van der Waals surface area contributed by atoms with E-state index >= 15 is 0 Å². The van der Waals surface area contributed by atoms with E-state index in [9.17, 15) is 0 Å². The van der Waals surface area contributed by atoms with Crippen molar-refractivity contribution in [1.82, 2.24) is 9.55 Å². The quantitative estimate of drug-likeness (QED) is 0.588. The van der Waals surface area contributed by atoms with Crippen LogP contribution in [0, 0.1) is 0 Å². The second-order valence-corrected chi connectivity index (χ2v) is 6.38. The van der Waals surface area contributed by atoms with Crippen molar-refractivity contribution in [2.45, 2.75) is 10.6 Å². The molecular weight excluding hydrogens is 323 g/mol. The number of hydrogen-bond acceptors (Lipinski definition) is 2. The third-order valence-electron chi connectivity index (χ3n) is 3.05. The van der Waals surface area contributed by atoms with Gasteiger partial charge in [0.2, 0.25) is 0 Å². The lowest BCUT2D eigenvalue weighted by atomic mass is 10.2. The molecule has 3 rings (SSSR count). The summed E-state index contributed by atoms with van der Waals surface area (Å²) in [6.45, 7) is 0. The SMILES string of the molecule is Clc1ccc(CSc2ccc(-n3ccnc3)cc2)c(Cl)c1. The van der Waals surface area contributed by atoms with Crippen LogP contribution >= 0.6 is 35.0 Å². The van der Waals surface area contributed by atoms with Crippen molar-refractivity contribution in [3.8, 4) is 5.69 Å². The molecule has 1 aromatic heterocycles. The highest BCUT2D eigenvalue weighted by Gasteiger charge is 2.03. The fraction of sp³-hybridized carbons (Fsp3) is 0.0625.